The zero-order valence-corrected chi connectivity index (χ0v) is 16.2. The maximum atomic E-state index is 12.4. The smallest absolute Gasteiger partial charge is 0.257 e. The Labute approximate surface area is 158 Å². The number of anilines is 1. The fraction of sp³-hybridized carbons (Fsp3) is 0.333. The summed E-state index contributed by atoms with van der Waals surface area (Å²) in [4.78, 5) is 17.0. The minimum absolute atomic E-state index is 0.111. The standard InChI is InChI=1S/C21H24N2O2S/c1-4-5-6-15-7-12-18-19(13-15)26-21(22-18)23-20(24)16-8-10-17(11-9-16)25-14(2)3/h7-14H,4-6H2,1-3H3,(H,22,23,24). The van der Waals surface area contributed by atoms with E-state index in [9.17, 15) is 4.79 Å². The first-order valence-corrected chi connectivity index (χ1v) is 9.84. The fourth-order valence-electron chi connectivity index (χ4n) is 2.69. The molecule has 4 nitrogen and oxygen atoms in total. The number of unbranched alkanes of at least 4 members (excludes halogenated alkanes) is 1. The summed E-state index contributed by atoms with van der Waals surface area (Å²) in [6, 6.07) is 13.5. The van der Waals surface area contributed by atoms with Gasteiger partial charge in [0.2, 0.25) is 0 Å². The Balaban J connectivity index is 1.70. The lowest BCUT2D eigenvalue weighted by atomic mass is 10.1. The van der Waals surface area contributed by atoms with Gasteiger partial charge < -0.3 is 4.74 Å². The molecule has 136 valence electrons. The summed E-state index contributed by atoms with van der Waals surface area (Å²) in [5.41, 5.74) is 2.83. The van der Waals surface area contributed by atoms with Crippen LogP contribution in [-0.4, -0.2) is 17.0 Å². The zero-order valence-electron chi connectivity index (χ0n) is 15.4. The molecule has 1 aromatic heterocycles. The maximum Gasteiger partial charge on any atom is 0.257 e. The van der Waals surface area contributed by atoms with Gasteiger partial charge in [0.05, 0.1) is 16.3 Å². The predicted molar refractivity (Wildman–Crippen MR) is 108 cm³/mol. The third-order valence-corrected chi connectivity index (χ3v) is 4.91. The first-order valence-electron chi connectivity index (χ1n) is 9.02. The van der Waals surface area contributed by atoms with Crippen molar-refractivity contribution in [1.82, 2.24) is 4.98 Å². The van der Waals surface area contributed by atoms with E-state index >= 15 is 0 Å². The molecule has 26 heavy (non-hydrogen) atoms. The maximum absolute atomic E-state index is 12.4. The van der Waals surface area contributed by atoms with E-state index in [1.165, 1.54) is 29.7 Å². The summed E-state index contributed by atoms with van der Waals surface area (Å²) in [5, 5.41) is 3.52. The van der Waals surface area contributed by atoms with E-state index in [4.69, 9.17) is 4.74 Å². The highest BCUT2D eigenvalue weighted by Gasteiger charge is 2.11. The van der Waals surface area contributed by atoms with Gasteiger partial charge in [0.1, 0.15) is 5.75 Å². The minimum Gasteiger partial charge on any atom is -0.491 e. The number of carbonyl (C=O) groups is 1. The van der Waals surface area contributed by atoms with E-state index in [1.54, 1.807) is 12.1 Å². The Morgan fingerprint density at radius 3 is 2.65 bits per heavy atom. The second-order valence-electron chi connectivity index (χ2n) is 6.57. The van der Waals surface area contributed by atoms with Gasteiger partial charge in [-0.05, 0) is 68.7 Å². The van der Waals surface area contributed by atoms with Gasteiger partial charge in [-0.15, -0.1) is 0 Å². The van der Waals surface area contributed by atoms with Crippen molar-refractivity contribution in [3.8, 4) is 5.75 Å². The van der Waals surface area contributed by atoms with Crippen molar-refractivity contribution in [3.63, 3.8) is 0 Å². The average Bonchev–Trinajstić information content (AvgIpc) is 3.01. The number of amides is 1. The van der Waals surface area contributed by atoms with Crippen LogP contribution in [0.15, 0.2) is 42.5 Å². The molecule has 3 aromatic rings. The quantitative estimate of drug-likeness (QED) is 0.584. The van der Waals surface area contributed by atoms with Gasteiger partial charge in [0.25, 0.3) is 5.91 Å². The van der Waals surface area contributed by atoms with Crippen LogP contribution in [0.1, 0.15) is 49.5 Å². The molecule has 5 heteroatoms. The Morgan fingerprint density at radius 2 is 1.96 bits per heavy atom. The van der Waals surface area contributed by atoms with Crippen molar-refractivity contribution in [1.29, 1.82) is 0 Å². The molecule has 0 fully saturated rings. The molecule has 1 amide bonds. The van der Waals surface area contributed by atoms with E-state index in [-0.39, 0.29) is 12.0 Å². The second-order valence-corrected chi connectivity index (χ2v) is 7.60. The van der Waals surface area contributed by atoms with Crippen LogP contribution in [0.25, 0.3) is 10.2 Å². The molecule has 0 saturated heterocycles. The van der Waals surface area contributed by atoms with Gasteiger partial charge in [-0.3, -0.25) is 10.1 Å². The van der Waals surface area contributed by atoms with Crippen molar-refractivity contribution in [2.24, 2.45) is 0 Å². The lowest BCUT2D eigenvalue weighted by Crippen LogP contribution is -2.11. The van der Waals surface area contributed by atoms with Crippen LogP contribution in [0.2, 0.25) is 0 Å². The summed E-state index contributed by atoms with van der Waals surface area (Å²) >= 11 is 1.51. The van der Waals surface area contributed by atoms with Crippen LogP contribution in [0.3, 0.4) is 0 Å². The van der Waals surface area contributed by atoms with Crippen molar-refractivity contribution in [3.05, 3.63) is 53.6 Å². The predicted octanol–water partition coefficient (Wildman–Crippen LogP) is 5.68. The number of nitrogens with zero attached hydrogens (tertiary/aromatic N) is 1. The van der Waals surface area contributed by atoms with Crippen LogP contribution >= 0.6 is 11.3 Å². The molecule has 0 aliphatic heterocycles. The van der Waals surface area contributed by atoms with Crippen LogP contribution in [0, 0.1) is 0 Å². The van der Waals surface area contributed by atoms with Crippen molar-refractivity contribution >= 4 is 32.6 Å². The number of rotatable bonds is 7. The van der Waals surface area contributed by atoms with Gasteiger partial charge in [-0.25, -0.2) is 4.98 Å². The van der Waals surface area contributed by atoms with Gasteiger partial charge in [0.15, 0.2) is 5.13 Å². The molecule has 1 heterocycles. The first kappa shape index (κ1) is 18.4. The Morgan fingerprint density at radius 1 is 1.19 bits per heavy atom. The van der Waals surface area contributed by atoms with E-state index in [2.05, 4.69) is 29.4 Å². The number of aryl methyl sites for hydroxylation is 1. The molecule has 0 bridgehead atoms. The highest BCUT2D eigenvalue weighted by Crippen LogP contribution is 2.28. The number of aromatic nitrogens is 1. The van der Waals surface area contributed by atoms with Crippen LogP contribution in [-0.2, 0) is 6.42 Å². The first-order chi connectivity index (χ1) is 12.5. The molecule has 3 rings (SSSR count). The molecule has 0 radical (unpaired) electrons. The number of carbonyl (C=O) groups excluding carboxylic acids is 1. The van der Waals surface area contributed by atoms with Crippen molar-refractivity contribution < 1.29 is 9.53 Å². The molecule has 0 spiro atoms. The highest BCUT2D eigenvalue weighted by molar-refractivity contribution is 7.22. The molecule has 0 saturated carbocycles. The fourth-order valence-corrected chi connectivity index (χ4v) is 3.61. The number of nitrogens with one attached hydrogen (secondary N) is 1. The Kier molecular flexibility index (Phi) is 5.89. The summed E-state index contributed by atoms with van der Waals surface area (Å²) in [6.45, 7) is 6.14. The van der Waals surface area contributed by atoms with Gasteiger partial charge in [0, 0.05) is 5.56 Å². The summed E-state index contributed by atoms with van der Waals surface area (Å²) in [7, 11) is 0. The third kappa shape index (κ3) is 4.61. The lowest BCUT2D eigenvalue weighted by molar-refractivity contribution is 0.102. The minimum atomic E-state index is -0.161. The highest BCUT2D eigenvalue weighted by atomic mass is 32.1. The lowest BCUT2D eigenvalue weighted by Gasteiger charge is -2.09. The van der Waals surface area contributed by atoms with Gasteiger partial charge in [-0.2, -0.15) is 0 Å². The topological polar surface area (TPSA) is 51.2 Å². The van der Waals surface area contributed by atoms with E-state index in [1.807, 2.05) is 32.0 Å². The largest absolute Gasteiger partial charge is 0.491 e. The van der Waals surface area contributed by atoms with E-state index < -0.39 is 0 Å². The number of hydrogen-bond acceptors (Lipinski definition) is 4. The number of ether oxygens (including phenoxy) is 1. The monoisotopic (exact) mass is 368 g/mol. The number of thiazole rings is 1. The molecule has 2 aromatic carbocycles. The van der Waals surface area contributed by atoms with Crippen LogP contribution < -0.4 is 10.1 Å². The molecule has 1 N–H and O–H groups in total. The van der Waals surface area contributed by atoms with Gasteiger partial charge in [-0.1, -0.05) is 30.7 Å². The summed E-state index contributed by atoms with van der Waals surface area (Å²) in [5.74, 6) is 0.600. The Bertz CT molecular complexity index is 885. The summed E-state index contributed by atoms with van der Waals surface area (Å²) < 4.78 is 6.71. The molecule has 0 aliphatic carbocycles. The summed E-state index contributed by atoms with van der Waals surface area (Å²) in [6.07, 6.45) is 3.56. The number of hydrogen-bond donors (Lipinski definition) is 1. The van der Waals surface area contributed by atoms with Gasteiger partial charge >= 0.3 is 0 Å². The van der Waals surface area contributed by atoms with E-state index in [0.717, 1.165) is 22.4 Å². The van der Waals surface area contributed by atoms with Crippen LogP contribution in [0.5, 0.6) is 5.75 Å². The third-order valence-electron chi connectivity index (χ3n) is 3.98. The molecule has 0 aliphatic rings. The second kappa shape index (κ2) is 8.32. The van der Waals surface area contributed by atoms with Crippen molar-refractivity contribution in [2.45, 2.75) is 46.1 Å². The Hall–Kier alpha value is -2.40. The average molecular weight is 369 g/mol. The molecular formula is C21H24N2O2S. The number of benzene rings is 2. The van der Waals surface area contributed by atoms with Crippen molar-refractivity contribution in [2.75, 3.05) is 5.32 Å². The normalized spacial score (nSPS) is 11.1. The molecule has 0 unspecified atom stereocenters. The van der Waals surface area contributed by atoms with Crippen LogP contribution in [0.4, 0.5) is 5.13 Å². The molecular weight excluding hydrogens is 344 g/mol. The zero-order chi connectivity index (χ0) is 18.5. The number of fused-ring (bicyclic) bond motifs is 1. The molecule has 0 atom stereocenters. The SMILES string of the molecule is CCCCc1ccc2nc(NC(=O)c3ccc(OC(C)C)cc3)sc2c1. The van der Waals surface area contributed by atoms with E-state index in [0.29, 0.717) is 10.7 Å².